The van der Waals surface area contributed by atoms with Gasteiger partial charge in [-0.2, -0.15) is 5.10 Å². The summed E-state index contributed by atoms with van der Waals surface area (Å²) in [6, 6.07) is 7.99. The van der Waals surface area contributed by atoms with Gasteiger partial charge in [0.1, 0.15) is 16.9 Å². The number of nitrogens with zero attached hydrogens (tertiary/aromatic N) is 6. The lowest BCUT2D eigenvalue weighted by atomic mass is 9.97. The molecular weight excluding hydrogens is 504 g/mol. The molecule has 1 saturated heterocycles. The first-order chi connectivity index (χ1) is 18.4. The van der Waals surface area contributed by atoms with Gasteiger partial charge in [0.25, 0.3) is 11.5 Å². The molecule has 0 bridgehead atoms. The summed E-state index contributed by atoms with van der Waals surface area (Å²) >= 11 is 1.43. The molecule has 6 rings (SSSR count). The van der Waals surface area contributed by atoms with Gasteiger partial charge in [0, 0.05) is 54.7 Å². The Bertz CT molecular complexity index is 1740. The van der Waals surface area contributed by atoms with Crippen LogP contribution in [-0.2, 0) is 18.3 Å². The highest BCUT2D eigenvalue weighted by molar-refractivity contribution is 7.09. The predicted molar refractivity (Wildman–Crippen MR) is 144 cm³/mol. The normalized spacial score (nSPS) is 14.4. The number of hydrogen-bond donors (Lipinski definition) is 2. The molecule has 5 aromatic rings. The molecule has 0 spiro atoms. The van der Waals surface area contributed by atoms with Gasteiger partial charge in [-0.15, -0.1) is 11.3 Å². The molecule has 0 aliphatic carbocycles. The summed E-state index contributed by atoms with van der Waals surface area (Å²) in [7, 11) is 1.71. The summed E-state index contributed by atoms with van der Waals surface area (Å²) in [5, 5.41) is 8.13. The standard InChI is InChI=1S/C26H26N8O3S/c1-15-28-23-19(13-32(2)30-23)26(37)34(15)31-24(36)21-14-38-25(29-21)16-7-9-33(10-8-16)22(35)11-17-12-27-20-6-4-3-5-18(17)20/h3-6,12-14,16,27H,7-11H2,1-2H3,(H,31,36). The lowest BCUT2D eigenvalue weighted by molar-refractivity contribution is -0.131. The van der Waals surface area contributed by atoms with Crippen LogP contribution in [0, 0.1) is 6.92 Å². The van der Waals surface area contributed by atoms with Gasteiger partial charge in [0.2, 0.25) is 5.91 Å². The van der Waals surface area contributed by atoms with Crippen LogP contribution in [0.25, 0.3) is 21.9 Å². The minimum Gasteiger partial charge on any atom is -0.361 e. The fourth-order valence-electron chi connectivity index (χ4n) is 4.98. The van der Waals surface area contributed by atoms with Crippen LogP contribution in [0.15, 0.2) is 46.8 Å². The molecule has 1 aliphatic heterocycles. The first kappa shape index (κ1) is 24.0. The van der Waals surface area contributed by atoms with Gasteiger partial charge in [-0.3, -0.25) is 24.5 Å². The van der Waals surface area contributed by atoms with Gasteiger partial charge in [0.05, 0.1) is 11.4 Å². The molecule has 11 nitrogen and oxygen atoms in total. The van der Waals surface area contributed by atoms with Crippen molar-refractivity contribution in [2.24, 2.45) is 7.05 Å². The SMILES string of the molecule is Cc1nc2nn(C)cc2c(=O)n1NC(=O)c1csc(C2CCN(C(=O)Cc3c[nH]c4ccccc34)CC2)n1. The Kier molecular flexibility index (Phi) is 6.03. The Labute approximate surface area is 221 Å². The van der Waals surface area contributed by atoms with Gasteiger partial charge in [-0.05, 0) is 31.4 Å². The third kappa shape index (κ3) is 4.36. The molecule has 1 aliphatic rings. The number of rotatable bonds is 5. The number of nitrogens with one attached hydrogen (secondary N) is 2. The van der Waals surface area contributed by atoms with Crippen LogP contribution in [0.3, 0.4) is 0 Å². The van der Waals surface area contributed by atoms with Crippen LogP contribution in [0.5, 0.6) is 0 Å². The van der Waals surface area contributed by atoms with E-state index in [0.29, 0.717) is 36.4 Å². The van der Waals surface area contributed by atoms with Crippen molar-refractivity contribution >= 4 is 45.1 Å². The molecule has 4 aromatic heterocycles. The summed E-state index contributed by atoms with van der Waals surface area (Å²) in [6.45, 7) is 2.94. The first-order valence-corrected chi connectivity index (χ1v) is 13.3. The lowest BCUT2D eigenvalue weighted by Gasteiger charge is -2.31. The minimum atomic E-state index is -0.478. The zero-order valence-corrected chi connectivity index (χ0v) is 21.8. The number of carbonyl (C=O) groups excluding carboxylic acids is 2. The molecule has 1 aromatic carbocycles. The molecule has 194 valence electrons. The van der Waals surface area contributed by atoms with Crippen molar-refractivity contribution in [1.82, 2.24) is 34.3 Å². The van der Waals surface area contributed by atoms with E-state index in [1.165, 1.54) is 16.0 Å². The zero-order valence-electron chi connectivity index (χ0n) is 21.0. The van der Waals surface area contributed by atoms with E-state index in [0.717, 1.165) is 39.0 Å². The highest BCUT2D eigenvalue weighted by Crippen LogP contribution is 2.31. The Morgan fingerprint density at radius 2 is 1.95 bits per heavy atom. The maximum absolute atomic E-state index is 13.0. The second-order valence-corrected chi connectivity index (χ2v) is 10.4. The Balaban J connectivity index is 1.09. The number of aryl methyl sites for hydroxylation is 2. The summed E-state index contributed by atoms with van der Waals surface area (Å²) in [4.78, 5) is 52.7. The van der Waals surface area contributed by atoms with Gasteiger partial charge in [0.15, 0.2) is 5.65 Å². The van der Waals surface area contributed by atoms with Crippen molar-refractivity contribution in [3.05, 3.63) is 74.5 Å². The number of carbonyl (C=O) groups is 2. The first-order valence-electron chi connectivity index (χ1n) is 12.4. The van der Waals surface area contributed by atoms with Crippen LogP contribution in [0.2, 0.25) is 0 Å². The molecule has 38 heavy (non-hydrogen) atoms. The summed E-state index contributed by atoms with van der Waals surface area (Å²) in [6.07, 6.45) is 5.43. The molecule has 5 heterocycles. The Hall–Kier alpha value is -4.32. The number of thiazole rings is 1. The molecule has 2 amide bonds. The second kappa shape index (κ2) is 9.53. The van der Waals surface area contributed by atoms with E-state index in [9.17, 15) is 14.4 Å². The van der Waals surface area contributed by atoms with E-state index < -0.39 is 11.5 Å². The van der Waals surface area contributed by atoms with E-state index >= 15 is 0 Å². The molecular formula is C26H26N8O3S. The maximum atomic E-state index is 13.0. The van der Waals surface area contributed by atoms with Crippen molar-refractivity contribution in [2.75, 3.05) is 18.5 Å². The highest BCUT2D eigenvalue weighted by atomic mass is 32.1. The second-order valence-electron chi connectivity index (χ2n) is 9.54. The summed E-state index contributed by atoms with van der Waals surface area (Å²) < 4.78 is 2.64. The number of hydrogen-bond acceptors (Lipinski definition) is 7. The number of piperidine rings is 1. The fraction of sp³-hybridized carbons (Fsp3) is 0.308. The van der Waals surface area contributed by atoms with Crippen molar-refractivity contribution in [3.8, 4) is 0 Å². The molecule has 2 N–H and O–H groups in total. The van der Waals surface area contributed by atoms with Crippen LogP contribution < -0.4 is 11.0 Å². The van der Waals surface area contributed by atoms with Gasteiger partial charge in [-0.1, -0.05) is 18.2 Å². The van der Waals surface area contributed by atoms with Crippen LogP contribution in [0.1, 0.15) is 45.6 Å². The average Bonchev–Trinajstić information content (AvgIpc) is 3.65. The fourth-order valence-corrected chi connectivity index (χ4v) is 5.95. The molecule has 0 atom stereocenters. The van der Waals surface area contributed by atoms with Gasteiger partial charge in [-0.25, -0.2) is 14.6 Å². The highest BCUT2D eigenvalue weighted by Gasteiger charge is 2.27. The van der Waals surface area contributed by atoms with Crippen LogP contribution >= 0.6 is 11.3 Å². The average molecular weight is 531 g/mol. The van der Waals surface area contributed by atoms with E-state index in [-0.39, 0.29) is 17.5 Å². The number of para-hydroxylation sites is 1. The number of amides is 2. The Morgan fingerprint density at radius 1 is 1.16 bits per heavy atom. The van der Waals surface area contributed by atoms with E-state index in [4.69, 9.17) is 0 Å². The third-order valence-corrected chi connectivity index (χ3v) is 8.02. The smallest absolute Gasteiger partial charge is 0.289 e. The quantitative estimate of drug-likeness (QED) is 0.359. The van der Waals surface area contributed by atoms with Gasteiger partial charge < -0.3 is 9.88 Å². The number of H-pyrrole nitrogens is 1. The van der Waals surface area contributed by atoms with Crippen LogP contribution in [-0.4, -0.2) is 59.2 Å². The third-order valence-electron chi connectivity index (χ3n) is 7.02. The van der Waals surface area contributed by atoms with E-state index in [2.05, 4.69) is 25.5 Å². The maximum Gasteiger partial charge on any atom is 0.289 e. The summed E-state index contributed by atoms with van der Waals surface area (Å²) in [5.74, 6) is 0.146. The molecule has 0 radical (unpaired) electrons. The number of likely N-dealkylation sites (tertiary alicyclic amines) is 1. The zero-order chi connectivity index (χ0) is 26.4. The van der Waals surface area contributed by atoms with Crippen molar-refractivity contribution in [2.45, 2.75) is 32.1 Å². The molecule has 0 saturated carbocycles. The van der Waals surface area contributed by atoms with E-state index in [1.807, 2.05) is 35.4 Å². The number of benzene rings is 1. The molecule has 0 unspecified atom stereocenters. The van der Waals surface area contributed by atoms with Gasteiger partial charge >= 0.3 is 0 Å². The minimum absolute atomic E-state index is 0.118. The number of aromatic amines is 1. The van der Waals surface area contributed by atoms with Crippen molar-refractivity contribution in [3.63, 3.8) is 0 Å². The number of aromatic nitrogens is 6. The number of fused-ring (bicyclic) bond motifs is 2. The predicted octanol–water partition coefficient (Wildman–Crippen LogP) is 2.71. The summed E-state index contributed by atoms with van der Waals surface area (Å²) in [5.41, 5.74) is 4.86. The topological polar surface area (TPSA) is 131 Å². The van der Waals surface area contributed by atoms with Crippen molar-refractivity contribution in [1.29, 1.82) is 0 Å². The molecule has 12 heteroatoms. The largest absolute Gasteiger partial charge is 0.361 e. The van der Waals surface area contributed by atoms with Crippen molar-refractivity contribution < 1.29 is 9.59 Å². The van der Waals surface area contributed by atoms with Crippen LogP contribution in [0.4, 0.5) is 0 Å². The monoisotopic (exact) mass is 530 g/mol. The molecule has 1 fully saturated rings. The lowest BCUT2D eigenvalue weighted by Crippen LogP contribution is -2.38. The Morgan fingerprint density at radius 3 is 2.76 bits per heavy atom. The van der Waals surface area contributed by atoms with E-state index in [1.54, 1.807) is 25.5 Å².